The van der Waals surface area contributed by atoms with Crippen LogP contribution in [-0.4, -0.2) is 43.7 Å². The fourth-order valence-electron chi connectivity index (χ4n) is 1.16. The van der Waals surface area contributed by atoms with Crippen molar-refractivity contribution in [1.82, 2.24) is 5.32 Å². The summed E-state index contributed by atoms with van der Waals surface area (Å²) >= 11 is 0. The third kappa shape index (κ3) is 10.2. The molecule has 2 N–H and O–H groups in total. The van der Waals surface area contributed by atoms with Crippen molar-refractivity contribution >= 4 is 0 Å². The van der Waals surface area contributed by atoms with E-state index in [1.807, 2.05) is 6.92 Å². The van der Waals surface area contributed by atoms with Crippen LogP contribution in [0.15, 0.2) is 0 Å². The summed E-state index contributed by atoms with van der Waals surface area (Å²) in [5, 5.41) is 11.8. The molecule has 0 aromatic heterocycles. The maximum atomic E-state index is 11.8. The van der Waals surface area contributed by atoms with Crippen molar-refractivity contribution in [2.75, 3.05) is 26.4 Å². The minimum atomic E-state index is -4.16. The summed E-state index contributed by atoms with van der Waals surface area (Å²) in [5.74, 6) is 0. The van der Waals surface area contributed by atoms with E-state index < -0.39 is 12.6 Å². The first-order valence-electron chi connectivity index (χ1n) is 5.48. The average molecular weight is 243 g/mol. The molecule has 0 saturated carbocycles. The summed E-state index contributed by atoms with van der Waals surface area (Å²) in [5.41, 5.74) is 0. The standard InChI is InChI=1S/C10H20F3NO2/c1-2-5-14-9(3-6-15)8-16-7-4-10(11,12)13/h9,14-15H,2-8H2,1H3. The van der Waals surface area contributed by atoms with E-state index in [9.17, 15) is 13.2 Å². The number of aliphatic hydroxyl groups is 1. The van der Waals surface area contributed by atoms with Crippen LogP contribution in [0.5, 0.6) is 0 Å². The van der Waals surface area contributed by atoms with Gasteiger partial charge in [-0.3, -0.25) is 0 Å². The Bertz CT molecular complexity index is 165. The van der Waals surface area contributed by atoms with Gasteiger partial charge in [0.05, 0.1) is 19.6 Å². The second-order valence-electron chi connectivity index (χ2n) is 3.60. The Labute approximate surface area is 94.0 Å². The molecule has 0 saturated heterocycles. The molecule has 0 aromatic rings. The van der Waals surface area contributed by atoms with Crippen molar-refractivity contribution in [3.05, 3.63) is 0 Å². The Balaban J connectivity index is 3.59. The molecule has 0 rings (SSSR count). The molecular weight excluding hydrogens is 223 g/mol. The molecule has 0 aliphatic heterocycles. The van der Waals surface area contributed by atoms with Crippen LogP contribution >= 0.6 is 0 Å². The maximum absolute atomic E-state index is 11.8. The van der Waals surface area contributed by atoms with Gasteiger partial charge in [0.15, 0.2) is 0 Å². The van der Waals surface area contributed by atoms with E-state index in [0.29, 0.717) is 6.42 Å². The Morgan fingerprint density at radius 1 is 1.38 bits per heavy atom. The first-order chi connectivity index (χ1) is 7.49. The molecular formula is C10H20F3NO2. The molecule has 0 spiro atoms. The molecule has 0 aliphatic carbocycles. The SMILES string of the molecule is CCCNC(CCO)COCCC(F)(F)F. The zero-order valence-corrected chi connectivity index (χ0v) is 9.52. The van der Waals surface area contributed by atoms with Crippen molar-refractivity contribution in [3.63, 3.8) is 0 Å². The first kappa shape index (κ1) is 15.7. The summed E-state index contributed by atoms with van der Waals surface area (Å²) in [6, 6.07) is -0.0711. The number of ether oxygens (including phenoxy) is 1. The van der Waals surface area contributed by atoms with Crippen LogP contribution in [0.4, 0.5) is 13.2 Å². The summed E-state index contributed by atoms with van der Waals surface area (Å²) in [4.78, 5) is 0. The van der Waals surface area contributed by atoms with Gasteiger partial charge in [-0.05, 0) is 19.4 Å². The zero-order valence-electron chi connectivity index (χ0n) is 9.52. The molecule has 3 nitrogen and oxygen atoms in total. The van der Waals surface area contributed by atoms with Crippen molar-refractivity contribution in [2.45, 2.75) is 38.4 Å². The Hall–Kier alpha value is -0.330. The van der Waals surface area contributed by atoms with Crippen LogP contribution in [0.1, 0.15) is 26.2 Å². The van der Waals surface area contributed by atoms with Gasteiger partial charge in [-0.25, -0.2) is 0 Å². The molecule has 98 valence electrons. The molecule has 6 heteroatoms. The van der Waals surface area contributed by atoms with Crippen LogP contribution in [0.25, 0.3) is 0 Å². The van der Waals surface area contributed by atoms with Crippen LogP contribution in [0.3, 0.4) is 0 Å². The Kier molecular flexibility index (Phi) is 8.60. The molecule has 0 aliphatic rings. The zero-order chi connectivity index (χ0) is 12.4. The molecule has 0 amide bonds. The highest BCUT2D eigenvalue weighted by Gasteiger charge is 2.26. The molecule has 0 radical (unpaired) electrons. The third-order valence-electron chi connectivity index (χ3n) is 2.01. The lowest BCUT2D eigenvalue weighted by atomic mass is 10.2. The van der Waals surface area contributed by atoms with E-state index in [0.717, 1.165) is 13.0 Å². The number of hydrogen-bond acceptors (Lipinski definition) is 3. The van der Waals surface area contributed by atoms with Crippen molar-refractivity contribution in [1.29, 1.82) is 0 Å². The summed E-state index contributed by atoms with van der Waals surface area (Å²) in [6.45, 7) is 2.65. The fourth-order valence-corrected chi connectivity index (χ4v) is 1.16. The summed E-state index contributed by atoms with van der Waals surface area (Å²) in [7, 11) is 0. The second-order valence-corrected chi connectivity index (χ2v) is 3.60. The van der Waals surface area contributed by atoms with E-state index in [4.69, 9.17) is 9.84 Å². The minimum Gasteiger partial charge on any atom is -0.396 e. The van der Waals surface area contributed by atoms with Crippen LogP contribution in [0.2, 0.25) is 0 Å². The van der Waals surface area contributed by atoms with Gasteiger partial charge in [-0.15, -0.1) is 0 Å². The van der Waals surface area contributed by atoms with Gasteiger partial charge in [0.25, 0.3) is 0 Å². The van der Waals surface area contributed by atoms with Crippen molar-refractivity contribution in [2.24, 2.45) is 0 Å². The number of aliphatic hydroxyl groups excluding tert-OH is 1. The maximum Gasteiger partial charge on any atom is 0.391 e. The van der Waals surface area contributed by atoms with Gasteiger partial charge in [-0.2, -0.15) is 13.2 Å². The number of alkyl halides is 3. The number of hydrogen-bond donors (Lipinski definition) is 2. The van der Waals surface area contributed by atoms with Gasteiger partial charge in [0.2, 0.25) is 0 Å². The topological polar surface area (TPSA) is 41.5 Å². The van der Waals surface area contributed by atoms with E-state index in [1.54, 1.807) is 0 Å². The van der Waals surface area contributed by atoms with Gasteiger partial charge in [0.1, 0.15) is 0 Å². The molecule has 1 unspecified atom stereocenters. The number of halogens is 3. The third-order valence-corrected chi connectivity index (χ3v) is 2.01. The first-order valence-corrected chi connectivity index (χ1v) is 5.48. The van der Waals surface area contributed by atoms with Crippen molar-refractivity contribution in [3.8, 4) is 0 Å². The predicted octanol–water partition coefficient (Wildman–Crippen LogP) is 1.71. The van der Waals surface area contributed by atoms with Gasteiger partial charge in [0, 0.05) is 12.6 Å². The van der Waals surface area contributed by atoms with Crippen molar-refractivity contribution < 1.29 is 23.0 Å². The van der Waals surface area contributed by atoms with E-state index in [-0.39, 0.29) is 25.9 Å². The van der Waals surface area contributed by atoms with Crippen LogP contribution in [0, 0.1) is 0 Å². The highest BCUT2D eigenvalue weighted by atomic mass is 19.4. The average Bonchev–Trinajstić information content (AvgIpc) is 2.19. The molecule has 16 heavy (non-hydrogen) atoms. The normalized spacial score (nSPS) is 14.1. The van der Waals surface area contributed by atoms with Crippen LogP contribution in [-0.2, 0) is 4.74 Å². The van der Waals surface area contributed by atoms with E-state index in [2.05, 4.69) is 5.32 Å². The highest BCUT2D eigenvalue weighted by molar-refractivity contribution is 4.65. The van der Waals surface area contributed by atoms with Gasteiger partial charge < -0.3 is 15.2 Å². The Morgan fingerprint density at radius 3 is 2.56 bits per heavy atom. The highest BCUT2D eigenvalue weighted by Crippen LogP contribution is 2.18. The van der Waals surface area contributed by atoms with Crippen LogP contribution < -0.4 is 5.32 Å². The second kappa shape index (κ2) is 8.78. The lowest BCUT2D eigenvalue weighted by Gasteiger charge is -2.17. The largest absolute Gasteiger partial charge is 0.396 e. The smallest absolute Gasteiger partial charge is 0.391 e. The number of nitrogens with one attached hydrogen (secondary N) is 1. The summed E-state index contributed by atoms with van der Waals surface area (Å²) in [6.07, 6.45) is -3.66. The van der Waals surface area contributed by atoms with Gasteiger partial charge in [-0.1, -0.05) is 6.92 Å². The predicted molar refractivity (Wildman–Crippen MR) is 55.3 cm³/mol. The molecule has 1 atom stereocenters. The monoisotopic (exact) mass is 243 g/mol. The van der Waals surface area contributed by atoms with E-state index >= 15 is 0 Å². The minimum absolute atomic E-state index is 0.00398. The molecule has 0 fully saturated rings. The Morgan fingerprint density at radius 2 is 2.06 bits per heavy atom. The fraction of sp³-hybridized carbons (Fsp3) is 1.00. The number of rotatable bonds is 9. The molecule has 0 aromatic carbocycles. The van der Waals surface area contributed by atoms with E-state index in [1.165, 1.54) is 0 Å². The quantitative estimate of drug-likeness (QED) is 0.606. The summed E-state index contributed by atoms with van der Waals surface area (Å²) < 4.78 is 40.3. The molecule has 0 heterocycles. The molecule has 0 bridgehead atoms. The van der Waals surface area contributed by atoms with Gasteiger partial charge >= 0.3 is 6.18 Å². The lowest BCUT2D eigenvalue weighted by Crippen LogP contribution is -2.35. The lowest BCUT2D eigenvalue weighted by molar-refractivity contribution is -0.145.